The van der Waals surface area contributed by atoms with Gasteiger partial charge < -0.3 is 0 Å². The predicted octanol–water partition coefficient (Wildman–Crippen LogP) is 1.67. The van der Waals surface area contributed by atoms with Gasteiger partial charge in [0.25, 0.3) is 0 Å². The van der Waals surface area contributed by atoms with Crippen LogP contribution in [-0.2, 0) is 25.2 Å². The number of halogens is 1. The SMILES string of the molecule is CCOS(=O)(=O)OCCc1ccccc1F. The molecule has 0 radical (unpaired) electrons. The van der Waals surface area contributed by atoms with E-state index in [2.05, 4.69) is 8.37 Å². The second-order valence-electron chi connectivity index (χ2n) is 2.98. The minimum Gasteiger partial charge on any atom is -0.248 e. The molecule has 6 heteroatoms. The molecule has 1 aromatic rings. The van der Waals surface area contributed by atoms with Gasteiger partial charge >= 0.3 is 10.4 Å². The molecule has 1 rings (SSSR count). The first-order valence-corrected chi connectivity index (χ1v) is 6.15. The Balaban J connectivity index is 2.45. The van der Waals surface area contributed by atoms with Crippen LogP contribution in [0.3, 0.4) is 0 Å². The first-order valence-electron chi connectivity index (χ1n) is 4.82. The molecular formula is C10H13FO4S. The van der Waals surface area contributed by atoms with Crippen LogP contribution in [-0.4, -0.2) is 21.6 Å². The maximum absolute atomic E-state index is 13.1. The average Bonchev–Trinajstić information content (AvgIpc) is 2.20. The summed E-state index contributed by atoms with van der Waals surface area (Å²) in [7, 11) is -3.94. The van der Waals surface area contributed by atoms with E-state index in [0.29, 0.717) is 5.56 Å². The van der Waals surface area contributed by atoms with E-state index in [4.69, 9.17) is 0 Å². The molecule has 1 aromatic carbocycles. The van der Waals surface area contributed by atoms with Crippen molar-refractivity contribution < 1.29 is 21.2 Å². The average molecular weight is 248 g/mol. The molecular weight excluding hydrogens is 235 g/mol. The molecule has 0 heterocycles. The Morgan fingerprint density at radius 2 is 1.94 bits per heavy atom. The zero-order valence-corrected chi connectivity index (χ0v) is 9.67. The molecule has 0 N–H and O–H groups in total. The molecule has 0 amide bonds. The summed E-state index contributed by atoms with van der Waals surface area (Å²) in [6.45, 7) is 1.42. The summed E-state index contributed by atoms with van der Waals surface area (Å²) in [5, 5.41) is 0. The van der Waals surface area contributed by atoms with E-state index in [9.17, 15) is 12.8 Å². The Labute approximate surface area is 94.3 Å². The van der Waals surface area contributed by atoms with Crippen molar-refractivity contribution in [3.05, 3.63) is 35.6 Å². The lowest BCUT2D eigenvalue weighted by Crippen LogP contribution is -2.12. The van der Waals surface area contributed by atoms with E-state index in [1.54, 1.807) is 18.2 Å². The molecule has 0 aromatic heterocycles. The molecule has 0 bridgehead atoms. The molecule has 0 aliphatic carbocycles. The van der Waals surface area contributed by atoms with Gasteiger partial charge in [-0.25, -0.2) is 12.8 Å². The fraction of sp³-hybridized carbons (Fsp3) is 0.400. The number of benzene rings is 1. The van der Waals surface area contributed by atoms with Crippen LogP contribution in [0, 0.1) is 5.82 Å². The highest BCUT2D eigenvalue weighted by Crippen LogP contribution is 2.08. The quantitative estimate of drug-likeness (QED) is 0.768. The summed E-state index contributed by atoms with van der Waals surface area (Å²) < 4.78 is 43.9. The van der Waals surface area contributed by atoms with Gasteiger partial charge in [-0.2, -0.15) is 8.42 Å². The minimum atomic E-state index is -3.94. The van der Waals surface area contributed by atoms with Crippen molar-refractivity contribution in [3.63, 3.8) is 0 Å². The number of hydrogen-bond donors (Lipinski definition) is 0. The van der Waals surface area contributed by atoms with Crippen molar-refractivity contribution in [2.75, 3.05) is 13.2 Å². The fourth-order valence-electron chi connectivity index (χ4n) is 1.13. The molecule has 0 fully saturated rings. The van der Waals surface area contributed by atoms with Crippen LogP contribution < -0.4 is 0 Å². The van der Waals surface area contributed by atoms with Gasteiger partial charge in [-0.05, 0) is 18.6 Å². The van der Waals surface area contributed by atoms with E-state index >= 15 is 0 Å². The zero-order valence-electron chi connectivity index (χ0n) is 8.85. The molecule has 0 saturated heterocycles. The normalized spacial score (nSPS) is 11.6. The smallest absolute Gasteiger partial charge is 0.248 e. The van der Waals surface area contributed by atoms with Crippen molar-refractivity contribution in [1.29, 1.82) is 0 Å². The van der Waals surface area contributed by atoms with Gasteiger partial charge in [-0.1, -0.05) is 18.2 Å². The van der Waals surface area contributed by atoms with E-state index < -0.39 is 10.4 Å². The zero-order chi connectivity index (χ0) is 12.0. The molecule has 90 valence electrons. The van der Waals surface area contributed by atoms with Gasteiger partial charge in [0.1, 0.15) is 5.82 Å². The van der Waals surface area contributed by atoms with Crippen molar-refractivity contribution >= 4 is 10.4 Å². The van der Waals surface area contributed by atoms with Crippen LogP contribution in [0.2, 0.25) is 0 Å². The van der Waals surface area contributed by atoms with Gasteiger partial charge in [0.15, 0.2) is 0 Å². The molecule has 0 unspecified atom stereocenters. The van der Waals surface area contributed by atoms with Crippen LogP contribution in [0.1, 0.15) is 12.5 Å². The summed E-state index contributed by atoms with van der Waals surface area (Å²) >= 11 is 0. The van der Waals surface area contributed by atoms with Gasteiger partial charge in [0, 0.05) is 6.42 Å². The van der Waals surface area contributed by atoms with Crippen molar-refractivity contribution in [1.82, 2.24) is 0 Å². The van der Waals surface area contributed by atoms with Crippen molar-refractivity contribution in [3.8, 4) is 0 Å². The van der Waals surface area contributed by atoms with E-state index in [0.717, 1.165) is 0 Å². The topological polar surface area (TPSA) is 52.6 Å². The van der Waals surface area contributed by atoms with Gasteiger partial charge in [0.2, 0.25) is 0 Å². The van der Waals surface area contributed by atoms with Crippen LogP contribution in [0.5, 0.6) is 0 Å². The van der Waals surface area contributed by atoms with Gasteiger partial charge in [-0.15, -0.1) is 0 Å². The first-order chi connectivity index (χ1) is 7.55. The molecule has 4 nitrogen and oxygen atoms in total. The number of hydrogen-bond acceptors (Lipinski definition) is 4. The Kier molecular flexibility index (Phi) is 4.85. The molecule has 0 saturated carbocycles. The molecule has 0 aliphatic rings. The second-order valence-corrected chi connectivity index (χ2v) is 4.27. The van der Waals surface area contributed by atoms with E-state index in [-0.39, 0.29) is 25.5 Å². The van der Waals surface area contributed by atoms with Crippen LogP contribution >= 0.6 is 0 Å². The van der Waals surface area contributed by atoms with E-state index in [1.807, 2.05) is 0 Å². The van der Waals surface area contributed by atoms with Crippen LogP contribution in [0.25, 0.3) is 0 Å². The fourth-order valence-corrected chi connectivity index (χ4v) is 1.78. The first kappa shape index (κ1) is 13.1. The maximum atomic E-state index is 13.1. The van der Waals surface area contributed by atoms with Crippen molar-refractivity contribution in [2.45, 2.75) is 13.3 Å². The largest absolute Gasteiger partial charge is 0.399 e. The summed E-state index contributed by atoms with van der Waals surface area (Å²) in [6, 6.07) is 6.13. The summed E-state index contributed by atoms with van der Waals surface area (Å²) in [4.78, 5) is 0. The maximum Gasteiger partial charge on any atom is 0.399 e. The van der Waals surface area contributed by atoms with E-state index in [1.165, 1.54) is 13.0 Å². The molecule has 0 aliphatic heterocycles. The summed E-state index contributed by atoms with van der Waals surface area (Å²) in [5.41, 5.74) is 0.411. The lowest BCUT2D eigenvalue weighted by molar-refractivity contribution is 0.223. The third-order valence-electron chi connectivity index (χ3n) is 1.82. The number of rotatable bonds is 6. The van der Waals surface area contributed by atoms with Gasteiger partial charge in [-0.3, -0.25) is 0 Å². The lowest BCUT2D eigenvalue weighted by Gasteiger charge is -2.05. The Morgan fingerprint density at radius 1 is 1.25 bits per heavy atom. The third kappa shape index (κ3) is 4.26. The third-order valence-corrected chi connectivity index (χ3v) is 2.80. The molecule has 0 spiro atoms. The molecule has 16 heavy (non-hydrogen) atoms. The van der Waals surface area contributed by atoms with Crippen LogP contribution in [0.4, 0.5) is 4.39 Å². The van der Waals surface area contributed by atoms with Crippen molar-refractivity contribution in [2.24, 2.45) is 0 Å². The molecule has 0 atom stereocenters. The highest BCUT2D eigenvalue weighted by atomic mass is 32.3. The Bertz CT molecular complexity index is 430. The summed E-state index contributed by atoms with van der Waals surface area (Å²) in [6.07, 6.45) is 0.180. The Hall–Kier alpha value is -0.980. The van der Waals surface area contributed by atoms with Gasteiger partial charge in [0.05, 0.1) is 13.2 Å². The monoisotopic (exact) mass is 248 g/mol. The highest BCUT2D eigenvalue weighted by molar-refractivity contribution is 7.81. The standard InChI is InChI=1S/C10H13FO4S/c1-2-14-16(12,13)15-8-7-9-5-3-4-6-10(9)11/h3-6H,2,7-8H2,1H3. The highest BCUT2D eigenvalue weighted by Gasteiger charge is 2.10. The summed E-state index contributed by atoms with van der Waals surface area (Å²) in [5.74, 6) is -0.375. The van der Waals surface area contributed by atoms with Crippen LogP contribution in [0.15, 0.2) is 24.3 Å². The second kappa shape index (κ2) is 5.93. The lowest BCUT2D eigenvalue weighted by atomic mass is 10.1. The minimum absolute atomic E-state index is 0.0159. The predicted molar refractivity (Wildman–Crippen MR) is 56.6 cm³/mol. The Morgan fingerprint density at radius 3 is 2.56 bits per heavy atom.